The second-order valence-electron chi connectivity index (χ2n) is 0.577. The van der Waals surface area contributed by atoms with Gasteiger partial charge in [0.25, 0.3) is 0 Å². The normalized spacial score (nSPS) is 3.60. The Morgan fingerprint density at radius 2 is 1.20 bits per heavy atom. The fourth-order valence-corrected chi connectivity index (χ4v) is 0. The summed E-state index contributed by atoms with van der Waals surface area (Å²) >= 11 is 0. The third kappa shape index (κ3) is 89.7. The largest absolute Gasteiger partial charge is 2.00 e. The molecule has 0 atom stereocenters. The predicted molar refractivity (Wildman–Crippen MR) is 22.1 cm³/mol. The molecule has 0 aliphatic rings. The van der Waals surface area contributed by atoms with Gasteiger partial charge >= 0.3 is 18.6 Å². The first-order valence-electron chi connectivity index (χ1n) is 1.15. The van der Waals surface area contributed by atoms with Crippen LogP contribution in [0, 0.1) is 13.8 Å². The van der Waals surface area contributed by atoms with Gasteiger partial charge in [0.05, 0.1) is 0 Å². The molecule has 1 radical (unpaired) electrons. The molecule has 0 bridgehead atoms. The molecule has 0 amide bonds. The quantitative estimate of drug-likeness (QED) is 0.415. The van der Waals surface area contributed by atoms with Crippen LogP contribution in [0.25, 0.3) is 0 Å². The molecular formula is C4H10V. The maximum absolute atomic E-state index is 2.00. The van der Waals surface area contributed by atoms with Crippen LogP contribution in [0.5, 0.6) is 0 Å². The first-order chi connectivity index (χ1) is 1.41. The fraction of sp³-hybridized carbons (Fsp3) is 0.500. The monoisotopic (exact) mass is 109 g/mol. The van der Waals surface area contributed by atoms with E-state index in [0.717, 1.165) is 0 Å². The maximum atomic E-state index is 2.00. The molecule has 0 unspecified atom stereocenters. The Balaban J connectivity index is -0.0000000200. The third-order valence-corrected chi connectivity index (χ3v) is 0. The number of hydrogen-bond donors (Lipinski definition) is 0. The molecular weight excluding hydrogens is 99.0 g/mol. The number of hydrogen-bond acceptors (Lipinski definition) is 0. The van der Waals surface area contributed by atoms with Gasteiger partial charge in [-0.3, -0.25) is 0 Å². The Morgan fingerprint density at radius 1 is 1.20 bits per heavy atom. The minimum atomic E-state index is 0. The zero-order valence-corrected chi connectivity index (χ0v) is 5.42. The molecule has 0 saturated heterocycles. The Morgan fingerprint density at radius 3 is 1.20 bits per heavy atom. The van der Waals surface area contributed by atoms with Crippen molar-refractivity contribution in [2.75, 3.05) is 0 Å². The van der Waals surface area contributed by atoms with Crippen molar-refractivity contribution in [2.45, 2.75) is 13.8 Å². The summed E-state index contributed by atoms with van der Waals surface area (Å²) in [5.74, 6) is 0. The van der Waals surface area contributed by atoms with E-state index < -0.39 is 0 Å². The van der Waals surface area contributed by atoms with Gasteiger partial charge in [0.1, 0.15) is 0 Å². The van der Waals surface area contributed by atoms with Crippen LogP contribution in [0.15, 0.2) is 0 Å². The average Bonchev–Trinajstić information content (AvgIpc) is 0.918. The minimum absolute atomic E-state index is 0. The van der Waals surface area contributed by atoms with E-state index in [4.69, 9.17) is 0 Å². The molecule has 0 aromatic carbocycles. The Bertz CT molecular complexity index is 3.61. The van der Waals surface area contributed by atoms with Crippen LogP contribution in [0.1, 0.15) is 13.8 Å². The Labute approximate surface area is 46.8 Å². The van der Waals surface area contributed by atoms with Crippen LogP contribution >= 0.6 is 0 Å². The van der Waals surface area contributed by atoms with Crippen LogP contribution in [0.2, 0.25) is 0 Å². The predicted octanol–water partition coefficient (Wildman–Crippen LogP) is 1.68. The van der Waals surface area contributed by atoms with Crippen molar-refractivity contribution in [3.05, 3.63) is 13.8 Å². The van der Waals surface area contributed by atoms with Gasteiger partial charge in [-0.1, -0.05) is 0 Å². The van der Waals surface area contributed by atoms with Gasteiger partial charge < -0.3 is 13.8 Å². The molecule has 1 heteroatoms. The third-order valence-electron chi connectivity index (χ3n) is 0. The van der Waals surface area contributed by atoms with Gasteiger partial charge in [0.15, 0.2) is 0 Å². The van der Waals surface area contributed by atoms with E-state index >= 15 is 0 Å². The molecule has 5 heavy (non-hydrogen) atoms. The molecule has 0 aliphatic heterocycles. The van der Waals surface area contributed by atoms with E-state index in [-0.39, 0.29) is 26.0 Å². The molecule has 31 valence electrons. The van der Waals surface area contributed by atoms with E-state index in [1.165, 1.54) is 0 Å². The summed E-state index contributed by atoms with van der Waals surface area (Å²) in [7, 11) is 0. The van der Waals surface area contributed by atoms with Gasteiger partial charge in [-0.2, -0.15) is 13.8 Å². The molecule has 0 heterocycles. The van der Waals surface area contributed by atoms with Crippen molar-refractivity contribution in [2.24, 2.45) is 0 Å². The van der Waals surface area contributed by atoms with Crippen LogP contribution in [0.3, 0.4) is 0 Å². The SMILES string of the molecule is C[CH-]C.[CH3-].[V+2]. The molecule has 0 aromatic rings. The van der Waals surface area contributed by atoms with Crippen molar-refractivity contribution in [3.8, 4) is 0 Å². The van der Waals surface area contributed by atoms with E-state index in [9.17, 15) is 0 Å². The van der Waals surface area contributed by atoms with Crippen molar-refractivity contribution in [3.63, 3.8) is 0 Å². The Kier molecular flexibility index (Phi) is 82.5. The molecule has 0 N–H and O–H groups in total. The molecule has 0 rings (SSSR count). The smallest absolute Gasteiger partial charge is 0.358 e. The summed E-state index contributed by atoms with van der Waals surface area (Å²) in [6.07, 6.45) is 2.00. The van der Waals surface area contributed by atoms with E-state index in [1.807, 2.05) is 20.3 Å². The van der Waals surface area contributed by atoms with Gasteiger partial charge in [-0.15, -0.1) is 0 Å². The summed E-state index contributed by atoms with van der Waals surface area (Å²) in [5.41, 5.74) is 0. The van der Waals surface area contributed by atoms with Gasteiger partial charge in [0.2, 0.25) is 0 Å². The molecule has 0 spiro atoms. The van der Waals surface area contributed by atoms with Crippen LogP contribution in [-0.2, 0) is 18.6 Å². The zero-order valence-electron chi connectivity index (χ0n) is 4.02. The minimum Gasteiger partial charge on any atom is -0.358 e. The van der Waals surface area contributed by atoms with E-state index in [0.29, 0.717) is 0 Å². The molecule has 0 aliphatic carbocycles. The second kappa shape index (κ2) is 23.5. The first kappa shape index (κ1) is 17.6. The zero-order chi connectivity index (χ0) is 2.71. The van der Waals surface area contributed by atoms with Crippen LogP contribution in [0.4, 0.5) is 0 Å². The topological polar surface area (TPSA) is 0 Å². The average molecular weight is 109 g/mol. The first-order valence-corrected chi connectivity index (χ1v) is 1.15. The summed E-state index contributed by atoms with van der Waals surface area (Å²) in [4.78, 5) is 0. The Hall–Kier alpha value is 0.584. The van der Waals surface area contributed by atoms with Crippen molar-refractivity contribution in [1.82, 2.24) is 0 Å². The van der Waals surface area contributed by atoms with Gasteiger partial charge in [-0.05, 0) is 0 Å². The second-order valence-corrected chi connectivity index (χ2v) is 0.577. The van der Waals surface area contributed by atoms with Crippen LogP contribution < -0.4 is 0 Å². The van der Waals surface area contributed by atoms with Crippen LogP contribution in [-0.4, -0.2) is 0 Å². The van der Waals surface area contributed by atoms with Gasteiger partial charge in [-0.25, -0.2) is 0 Å². The fourth-order valence-electron chi connectivity index (χ4n) is 0. The maximum Gasteiger partial charge on any atom is 2.00 e. The standard InChI is InChI=1S/C3H7.CH3.V/c1-3-2;;/h3H,1-2H3;1H3;/q2*-1;+2. The van der Waals surface area contributed by atoms with Crippen molar-refractivity contribution in [1.29, 1.82) is 0 Å². The summed E-state index contributed by atoms with van der Waals surface area (Å²) in [6, 6.07) is 0. The molecule has 0 fully saturated rings. The molecule has 0 saturated carbocycles. The summed E-state index contributed by atoms with van der Waals surface area (Å²) < 4.78 is 0. The summed E-state index contributed by atoms with van der Waals surface area (Å²) in [6.45, 7) is 4.00. The number of rotatable bonds is 0. The summed E-state index contributed by atoms with van der Waals surface area (Å²) in [5, 5.41) is 0. The van der Waals surface area contributed by atoms with E-state index in [1.54, 1.807) is 0 Å². The van der Waals surface area contributed by atoms with Crippen molar-refractivity contribution >= 4 is 0 Å². The van der Waals surface area contributed by atoms with Gasteiger partial charge in [0, 0.05) is 0 Å². The van der Waals surface area contributed by atoms with E-state index in [2.05, 4.69) is 0 Å². The van der Waals surface area contributed by atoms with Crippen molar-refractivity contribution < 1.29 is 18.6 Å². The molecule has 0 aromatic heterocycles. The molecule has 0 nitrogen and oxygen atoms in total.